The third-order valence-electron chi connectivity index (χ3n) is 2.86. The van der Waals surface area contributed by atoms with Gasteiger partial charge in [-0.2, -0.15) is 0 Å². The van der Waals surface area contributed by atoms with Gasteiger partial charge in [0.25, 0.3) is 6.43 Å². The fraction of sp³-hybridized carbons (Fsp3) is 0.667. The van der Waals surface area contributed by atoms with Crippen LogP contribution in [0.2, 0.25) is 0 Å². The molecule has 0 aliphatic carbocycles. The van der Waals surface area contributed by atoms with Gasteiger partial charge in [-0.3, -0.25) is 4.98 Å². The van der Waals surface area contributed by atoms with Gasteiger partial charge in [-0.15, -0.1) is 0 Å². The van der Waals surface area contributed by atoms with Crippen LogP contribution < -0.4 is 10.2 Å². The van der Waals surface area contributed by atoms with E-state index >= 15 is 0 Å². The van der Waals surface area contributed by atoms with Crippen LogP contribution in [0.15, 0.2) is 12.3 Å². The second-order valence-corrected chi connectivity index (χ2v) is 5.27. The van der Waals surface area contributed by atoms with E-state index < -0.39 is 17.6 Å². The van der Waals surface area contributed by atoms with Crippen molar-refractivity contribution in [3.05, 3.63) is 18.0 Å². The van der Waals surface area contributed by atoms with Crippen LogP contribution in [0.1, 0.15) is 53.7 Å². The first-order chi connectivity index (χ1) is 9.90. The van der Waals surface area contributed by atoms with E-state index in [9.17, 15) is 8.78 Å². The monoisotopic (exact) mass is 317 g/mol. The highest BCUT2D eigenvalue weighted by atomic mass is 19.3. The molecule has 4 nitrogen and oxygen atoms in total. The summed E-state index contributed by atoms with van der Waals surface area (Å²) in [5, 5.41) is 18.2. The third-order valence-corrected chi connectivity index (χ3v) is 2.86. The summed E-state index contributed by atoms with van der Waals surface area (Å²) in [6, 6.07) is 1.10. The number of nitrogens with zero attached hydrogens (tertiary/aromatic N) is 1. The van der Waals surface area contributed by atoms with Crippen LogP contribution in [-0.4, -0.2) is 41.4 Å². The minimum Gasteiger partial charge on any atom is -0.496 e. The highest BCUT2D eigenvalue weighted by molar-refractivity contribution is 6.34. The molecule has 1 heterocycles. The molecule has 1 rings (SSSR count). The molecular formula is C15H26BF2NO3. The van der Waals surface area contributed by atoms with Crippen molar-refractivity contribution in [2.24, 2.45) is 0 Å². The zero-order valence-electron chi connectivity index (χ0n) is 14.3. The zero-order chi connectivity index (χ0) is 18.1. The second-order valence-electron chi connectivity index (χ2n) is 5.27. The predicted octanol–water partition coefficient (Wildman–Crippen LogP) is 2.38. The molecular weight excluding hydrogens is 291 g/mol. The summed E-state index contributed by atoms with van der Waals surface area (Å²) in [7, 11) is 6.77. The summed E-state index contributed by atoms with van der Waals surface area (Å²) < 4.78 is 28.8. The van der Waals surface area contributed by atoms with Crippen LogP contribution in [0.5, 0.6) is 5.75 Å². The number of aromatic nitrogens is 1. The van der Waals surface area contributed by atoms with E-state index in [0.29, 0.717) is 5.75 Å². The molecule has 1 aromatic heterocycles. The first-order valence-corrected chi connectivity index (χ1v) is 6.92. The van der Waals surface area contributed by atoms with Crippen molar-refractivity contribution in [1.82, 2.24) is 4.98 Å². The van der Waals surface area contributed by atoms with Gasteiger partial charge in [0, 0.05) is 0 Å². The molecule has 0 spiro atoms. The average molecular weight is 317 g/mol. The minimum atomic E-state index is -2.60. The van der Waals surface area contributed by atoms with Gasteiger partial charge in [-0.25, -0.2) is 8.78 Å². The highest BCUT2D eigenvalue weighted by Crippen LogP contribution is 2.19. The van der Waals surface area contributed by atoms with Gasteiger partial charge in [0.2, 0.25) is 0 Å². The van der Waals surface area contributed by atoms with Crippen LogP contribution in [0.25, 0.3) is 0 Å². The Morgan fingerprint density at radius 3 is 1.77 bits per heavy atom. The van der Waals surface area contributed by atoms with E-state index in [-0.39, 0.29) is 11.2 Å². The largest absolute Gasteiger partial charge is 0.496 e. The normalized spacial score (nSPS) is 11.1. The van der Waals surface area contributed by atoms with Crippen molar-refractivity contribution in [3.8, 4) is 5.75 Å². The topological polar surface area (TPSA) is 62.6 Å². The number of hydrogen-bond acceptors (Lipinski definition) is 4. The highest BCUT2D eigenvalue weighted by Gasteiger charge is 2.31. The van der Waals surface area contributed by atoms with E-state index in [1.807, 2.05) is 13.8 Å². The predicted molar refractivity (Wildman–Crippen MR) is 85.1 cm³/mol. The lowest BCUT2D eigenvalue weighted by atomic mass is 9.90. The van der Waals surface area contributed by atoms with E-state index in [0.717, 1.165) is 6.07 Å². The fourth-order valence-electron chi connectivity index (χ4n) is 0.765. The van der Waals surface area contributed by atoms with Gasteiger partial charge in [0.05, 0.1) is 24.5 Å². The van der Waals surface area contributed by atoms with E-state index in [2.05, 4.69) is 4.98 Å². The lowest BCUT2D eigenvalue weighted by Gasteiger charge is -2.31. The minimum absolute atomic E-state index is 0.169. The summed E-state index contributed by atoms with van der Waals surface area (Å²) in [5.74, 6) is 0.305. The Morgan fingerprint density at radius 2 is 1.55 bits per heavy atom. The average Bonchev–Trinajstić information content (AvgIpc) is 2.39. The third kappa shape index (κ3) is 8.29. The van der Waals surface area contributed by atoms with E-state index in [1.165, 1.54) is 13.3 Å². The lowest BCUT2D eigenvalue weighted by molar-refractivity contribution is -0.107. The van der Waals surface area contributed by atoms with E-state index in [4.69, 9.17) is 22.8 Å². The van der Waals surface area contributed by atoms with Crippen molar-refractivity contribution < 1.29 is 23.7 Å². The zero-order valence-corrected chi connectivity index (χ0v) is 14.3. The lowest BCUT2D eigenvalue weighted by Crippen LogP contribution is -2.44. The Labute approximate surface area is 132 Å². The molecule has 0 bridgehead atoms. The van der Waals surface area contributed by atoms with Crippen LogP contribution in [0.3, 0.4) is 0 Å². The number of pyridine rings is 1. The molecule has 0 atom stereocenters. The molecule has 0 aliphatic heterocycles. The van der Waals surface area contributed by atoms with Crippen LogP contribution in [0, 0.1) is 0 Å². The van der Waals surface area contributed by atoms with Gasteiger partial charge in [-0.1, -0.05) is 19.3 Å². The van der Waals surface area contributed by atoms with Crippen LogP contribution in [-0.2, 0) is 0 Å². The molecule has 0 aliphatic rings. The Balaban J connectivity index is 0. The molecule has 0 amide bonds. The number of ether oxygens (including phenoxy) is 1. The number of alkyl halides is 2. The molecule has 0 saturated heterocycles. The molecule has 1 aromatic rings. The molecule has 22 heavy (non-hydrogen) atoms. The van der Waals surface area contributed by atoms with Crippen LogP contribution >= 0.6 is 0 Å². The maximum Gasteiger partial charge on any atom is 0.280 e. The fourth-order valence-corrected chi connectivity index (χ4v) is 0.765. The molecule has 0 unspecified atom stereocenters. The summed E-state index contributed by atoms with van der Waals surface area (Å²) in [5.41, 5.74) is -2.18. The molecule has 126 valence electrons. The first-order valence-electron chi connectivity index (χ1n) is 6.92. The first kappa shape index (κ1) is 23.1. The second kappa shape index (κ2) is 9.74. The molecule has 2 radical (unpaired) electrons. The van der Waals surface area contributed by atoms with Crippen molar-refractivity contribution >= 4 is 13.3 Å². The number of methoxy groups -OCH3 is 1. The Kier molecular flexibility index (Phi) is 10.2. The van der Waals surface area contributed by atoms with E-state index in [1.54, 1.807) is 27.7 Å². The Bertz CT molecular complexity index is 418. The van der Waals surface area contributed by atoms with Gasteiger partial charge in [0.1, 0.15) is 19.3 Å². The van der Waals surface area contributed by atoms with Gasteiger partial charge in [0.15, 0.2) is 0 Å². The maximum atomic E-state index is 12.0. The summed E-state index contributed by atoms with van der Waals surface area (Å²) in [6.07, 6.45) is -1.42. The number of hydrogen-bond donors (Lipinski definition) is 2. The molecule has 0 fully saturated rings. The maximum absolute atomic E-state index is 12.0. The van der Waals surface area contributed by atoms with Gasteiger partial charge >= 0.3 is 0 Å². The van der Waals surface area contributed by atoms with Gasteiger partial charge in [-0.05, 0) is 33.8 Å². The summed E-state index contributed by atoms with van der Waals surface area (Å²) in [6.45, 7) is 10.3. The van der Waals surface area contributed by atoms with Crippen LogP contribution in [0.4, 0.5) is 8.78 Å². The molecule has 0 aromatic carbocycles. The SMILES string of the molecule is CC.CC(C)(O)C(C)(C)O.[B]c1cc(C(F)F)ncc1OC. The molecule has 2 N–H and O–H groups in total. The van der Waals surface area contributed by atoms with Crippen molar-refractivity contribution in [1.29, 1.82) is 0 Å². The Hall–Kier alpha value is -1.21. The van der Waals surface area contributed by atoms with Crippen molar-refractivity contribution in [3.63, 3.8) is 0 Å². The molecule has 7 heteroatoms. The summed E-state index contributed by atoms with van der Waals surface area (Å²) >= 11 is 0. The van der Waals surface area contributed by atoms with Gasteiger partial charge < -0.3 is 14.9 Å². The smallest absolute Gasteiger partial charge is 0.280 e. The number of aliphatic hydroxyl groups is 2. The quantitative estimate of drug-likeness (QED) is 0.840. The standard InChI is InChI=1S/C7H6BF2NO.C6H14O2.C2H6/c1-12-6-3-11-5(7(9)10)2-4(6)8;1-5(2,7)6(3,4)8;1-2/h2-3,7H,1H3;7-8H,1-4H3;1-2H3. The summed E-state index contributed by atoms with van der Waals surface area (Å²) in [4.78, 5) is 3.45. The number of halogens is 2. The number of rotatable bonds is 3. The molecule has 0 saturated carbocycles. The Morgan fingerprint density at radius 1 is 1.14 bits per heavy atom. The van der Waals surface area contributed by atoms with Crippen molar-refractivity contribution in [2.45, 2.75) is 59.2 Å². The van der Waals surface area contributed by atoms with Crippen molar-refractivity contribution in [2.75, 3.05) is 7.11 Å².